The molecule has 7 heteroatoms. The Labute approximate surface area is 124 Å². The third-order valence-electron chi connectivity index (χ3n) is 2.29. The Morgan fingerprint density at radius 3 is 2.63 bits per heavy atom. The van der Waals surface area contributed by atoms with Crippen molar-refractivity contribution in [3.05, 3.63) is 39.6 Å². The van der Waals surface area contributed by atoms with Crippen LogP contribution in [-0.2, 0) is 6.61 Å². The molecule has 1 aromatic heterocycles. The minimum Gasteiger partial charge on any atom is -0.458 e. The van der Waals surface area contributed by atoms with Gasteiger partial charge in [0.25, 0.3) is 0 Å². The van der Waals surface area contributed by atoms with E-state index in [-0.39, 0.29) is 11.3 Å². The molecule has 0 aliphatic rings. The maximum Gasteiger partial charge on any atom is 0.322 e. The molecular weight excluding hydrogens is 332 g/mol. The molecule has 19 heavy (non-hydrogen) atoms. The van der Waals surface area contributed by atoms with Crippen molar-refractivity contribution in [2.45, 2.75) is 6.61 Å². The lowest BCUT2D eigenvalue weighted by Gasteiger charge is -2.11. The van der Waals surface area contributed by atoms with Crippen molar-refractivity contribution in [2.75, 3.05) is 19.0 Å². The summed E-state index contributed by atoms with van der Waals surface area (Å²) in [5.41, 5.74) is 1.01. The summed E-state index contributed by atoms with van der Waals surface area (Å²) in [7, 11) is 3.65. The fourth-order valence-corrected chi connectivity index (χ4v) is 1.89. The first-order chi connectivity index (χ1) is 9.06. The molecule has 0 bridgehead atoms. The number of nitrogens with zero attached hydrogens (tertiary/aromatic N) is 4. The van der Waals surface area contributed by atoms with E-state index in [9.17, 15) is 0 Å². The lowest BCUT2D eigenvalue weighted by molar-refractivity contribution is 0.279. The summed E-state index contributed by atoms with van der Waals surface area (Å²) < 4.78 is 6.52. The highest BCUT2D eigenvalue weighted by molar-refractivity contribution is 9.10. The SMILES string of the molecule is CN(C)c1nc(Cl)nc(OCc2ccccc2Br)n1. The highest BCUT2D eigenvalue weighted by atomic mass is 79.9. The van der Waals surface area contributed by atoms with E-state index in [0.29, 0.717) is 12.6 Å². The first-order valence-corrected chi connectivity index (χ1v) is 6.68. The Balaban J connectivity index is 2.14. The molecule has 0 saturated carbocycles. The van der Waals surface area contributed by atoms with Crippen LogP contribution in [0.2, 0.25) is 5.28 Å². The van der Waals surface area contributed by atoms with Gasteiger partial charge in [-0.05, 0) is 17.7 Å². The summed E-state index contributed by atoms with van der Waals surface area (Å²) in [5, 5.41) is 0.112. The minimum absolute atomic E-state index is 0.112. The second-order valence-electron chi connectivity index (χ2n) is 3.96. The number of hydrogen-bond acceptors (Lipinski definition) is 5. The van der Waals surface area contributed by atoms with Crippen molar-refractivity contribution in [3.63, 3.8) is 0 Å². The normalized spacial score (nSPS) is 10.3. The quantitative estimate of drug-likeness (QED) is 0.854. The fourth-order valence-electron chi connectivity index (χ4n) is 1.34. The van der Waals surface area contributed by atoms with E-state index in [4.69, 9.17) is 16.3 Å². The van der Waals surface area contributed by atoms with Gasteiger partial charge in [-0.2, -0.15) is 15.0 Å². The van der Waals surface area contributed by atoms with Gasteiger partial charge in [0, 0.05) is 24.1 Å². The van der Waals surface area contributed by atoms with Crippen LogP contribution in [0.3, 0.4) is 0 Å². The predicted octanol–water partition coefficient (Wildman–Crippen LogP) is 2.93. The second-order valence-corrected chi connectivity index (χ2v) is 5.15. The Hall–Kier alpha value is -1.40. The molecule has 0 aliphatic heterocycles. The first-order valence-electron chi connectivity index (χ1n) is 5.51. The first kappa shape index (κ1) is 14.0. The van der Waals surface area contributed by atoms with Crippen molar-refractivity contribution in [2.24, 2.45) is 0 Å². The maximum absolute atomic E-state index is 5.83. The number of ether oxygens (including phenoxy) is 1. The molecule has 2 aromatic rings. The molecule has 0 spiro atoms. The Morgan fingerprint density at radius 2 is 1.95 bits per heavy atom. The van der Waals surface area contributed by atoms with Crippen LogP contribution in [0.1, 0.15) is 5.56 Å². The maximum atomic E-state index is 5.83. The average Bonchev–Trinajstić information content (AvgIpc) is 2.37. The lowest BCUT2D eigenvalue weighted by atomic mass is 10.2. The highest BCUT2D eigenvalue weighted by Gasteiger charge is 2.08. The number of benzene rings is 1. The van der Waals surface area contributed by atoms with Gasteiger partial charge < -0.3 is 9.64 Å². The Kier molecular flexibility index (Phi) is 4.55. The lowest BCUT2D eigenvalue weighted by Crippen LogP contribution is -2.14. The smallest absolute Gasteiger partial charge is 0.322 e. The highest BCUT2D eigenvalue weighted by Crippen LogP contribution is 2.19. The van der Waals surface area contributed by atoms with Crippen LogP contribution >= 0.6 is 27.5 Å². The molecule has 0 N–H and O–H groups in total. The van der Waals surface area contributed by atoms with Crippen LogP contribution < -0.4 is 9.64 Å². The van der Waals surface area contributed by atoms with E-state index in [1.54, 1.807) is 4.90 Å². The topological polar surface area (TPSA) is 51.1 Å². The molecule has 0 atom stereocenters. The molecule has 0 amide bonds. The molecule has 100 valence electrons. The van der Waals surface area contributed by atoms with Gasteiger partial charge in [0.15, 0.2) is 0 Å². The van der Waals surface area contributed by atoms with Crippen LogP contribution in [0.5, 0.6) is 6.01 Å². The summed E-state index contributed by atoms with van der Waals surface area (Å²) in [6.45, 7) is 0.356. The van der Waals surface area contributed by atoms with Crippen molar-refractivity contribution >= 4 is 33.5 Å². The van der Waals surface area contributed by atoms with E-state index >= 15 is 0 Å². The summed E-state index contributed by atoms with van der Waals surface area (Å²) in [6.07, 6.45) is 0. The van der Waals surface area contributed by atoms with E-state index in [0.717, 1.165) is 10.0 Å². The fraction of sp³-hybridized carbons (Fsp3) is 0.250. The molecular formula is C12H12BrClN4O. The van der Waals surface area contributed by atoms with Crippen molar-refractivity contribution in [1.82, 2.24) is 15.0 Å². The van der Waals surface area contributed by atoms with Gasteiger partial charge in [0.2, 0.25) is 11.2 Å². The van der Waals surface area contributed by atoms with Crippen molar-refractivity contribution < 1.29 is 4.74 Å². The molecule has 0 aliphatic carbocycles. The summed E-state index contributed by atoms with van der Waals surface area (Å²) >= 11 is 9.28. The zero-order valence-corrected chi connectivity index (χ0v) is 12.8. The Bertz CT molecular complexity index is 579. The Morgan fingerprint density at radius 1 is 1.21 bits per heavy atom. The van der Waals surface area contributed by atoms with Crippen LogP contribution in [0, 0.1) is 0 Å². The van der Waals surface area contributed by atoms with Gasteiger partial charge in [-0.25, -0.2) is 0 Å². The standard InChI is InChI=1S/C12H12BrClN4O/c1-18(2)11-15-10(14)16-12(17-11)19-7-8-5-3-4-6-9(8)13/h3-6H,7H2,1-2H3. The van der Waals surface area contributed by atoms with E-state index in [1.807, 2.05) is 38.4 Å². The van der Waals surface area contributed by atoms with Gasteiger partial charge in [0.05, 0.1) is 0 Å². The molecule has 2 rings (SSSR count). The largest absolute Gasteiger partial charge is 0.458 e. The number of rotatable bonds is 4. The van der Waals surface area contributed by atoms with Crippen LogP contribution in [0.15, 0.2) is 28.7 Å². The van der Waals surface area contributed by atoms with Gasteiger partial charge in [-0.1, -0.05) is 34.1 Å². The molecule has 1 heterocycles. The van der Waals surface area contributed by atoms with Crippen LogP contribution in [0.4, 0.5) is 5.95 Å². The second kappa shape index (κ2) is 6.16. The van der Waals surface area contributed by atoms with Crippen LogP contribution in [0.25, 0.3) is 0 Å². The van der Waals surface area contributed by atoms with Gasteiger partial charge in [-0.3, -0.25) is 0 Å². The van der Waals surface area contributed by atoms with Gasteiger partial charge >= 0.3 is 6.01 Å². The summed E-state index contributed by atoms with van der Waals surface area (Å²) in [4.78, 5) is 13.8. The van der Waals surface area contributed by atoms with Crippen molar-refractivity contribution in [3.8, 4) is 6.01 Å². The van der Waals surface area contributed by atoms with Gasteiger partial charge in [-0.15, -0.1) is 0 Å². The van der Waals surface area contributed by atoms with Crippen LogP contribution in [-0.4, -0.2) is 29.0 Å². The predicted molar refractivity (Wildman–Crippen MR) is 77.6 cm³/mol. The number of hydrogen-bond donors (Lipinski definition) is 0. The van der Waals surface area contributed by atoms with Crippen molar-refractivity contribution in [1.29, 1.82) is 0 Å². The average molecular weight is 344 g/mol. The zero-order chi connectivity index (χ0) is 13.8. The zero-order valence-electron chi connectivity index (χ0n) is 10.5. The molecule has 1 aromatic carbocycles. The number of aromatic nitrogens is 3. The summed E-state index contributed by atoms with van der Waals surface area (Å²) in [6, 6.07) is 8.00. The molecule has 0 unspecified atom stereocenters. The molecule has 5 nitrogen and oxygen atoms in total. The molecule has 0 radical (unpaired) electrons. The van der Waals surface area contributed by atoms with E-state index in [2.05, 4.69) is 30.9 Å². The van der Waals surface area contributed by atoms with E-state index < -0.39 is 0 Å². The number of halogens is 2. The van der Waals surface area contributed by atoms with Gasteiger partial charge in [0.1, 0.15) is 6.61 Å². The number of anilines is 1. The molecule has 0 fully saturated rings. The minimum atomic E-state index is 0.112. The third-order valence-corrected chi connectivity index (χ3v) is 3.23. The monoisotopic (exact) mass is 342 g/mol. The summed E-state index contributed by atoms with van der Waals surface area (Å²) in [5.74, 6) is 0.460. The molecule has 0 saturated heterocycles. The third kappa shape index (κ3) is 3.78. The van der Waals surface area contributed by atoms with E-state index in [1.165, 1.54) is 0 Å².